The van der Waals surface area contributed by atoms with Gasteiger partial charge in [-0.1, -0.05) is 6.07 Å². The minimum atomic E-state index is 0.0458. The predicted octanol–water partition coefficient (Wildman–Crippen LogP) is 2.10. The highest BCUT2D eigenvalue weighted by atomic mass is 32.1. The summed E-state index contributed by atoms with van der Waals surface area (Å²) in [5.41, 5.74) is 2.00. The van der Waals surface area contributed by atoms with Crippen molar-refractivity contribution in [2.45, 2.75) is 26.3 Å². The fourth-order valence-corrected chi connectivity index (χ4v) is 2.20. The lowest BCUT2D eigenvalue weighted by Crippen LogP contribution is -2.23. The van der Waals surface area contributed by atoms with Gasteiger partial charge in [0.2, 0.25) is 5.91 Å². The van der Waals surface area contributed by atoms with E-state index in [2.05, 4.69) is 15.3 Å². The molecule has 2 rings (SSSR count). The fourth-order valence-electron chi connectivity index (χ4n) is 1.56. The van der Waals surface area contributed by atoms with Crippen LogP contribution in [0, 0.1) is 6.92 Å². The van der Waals surface area contributed by atoms with E-state index in [0.717, 1.165) is 16.3 Å². The van der Waals surface area contributed by atoms with E-state index in [4.69, 9.17) is 0 Å². The summed E-state index contributed by atoms with van der Waals surface area (Å²) in [7, 11) is 0. The number of carbonyl (C=O) groups excluding carboxylic acids is 1. The van der Waals surface area contributed by atoms with Gasteiger partial charge in [-0.25, -0.2) is 4.98 Å². The number of rotatable bonds is 5. The number of nitrogens with zero attached hydrogens (tertiary/aromatic N) is 2. The van der Waals surface area contributed by atoms with Gasteiger partial charge < -0.3 is 5.32 Å². The van der Waals surface area contributed by atoms with E-state index < -0.39 is 0 Å². The Hall–Kier alpha value is -1.75. The maximum absolute atomic E-state index is 11.6. The van der Waals surface area contributed by atoms with Gasteiger partial charge in [-0.05, 0) is 25.0 Å². The first kappa shape index (κ1) is 12.7. The van der Waals surface area contributed by atoms with Crippen molar-refractivity contribution in [2.24, 2.45) is 0 Å². The third kappa shape index (κ3) is 3.92. The van der Waals surface area contributed by atoms with Gasteiger partial charge in [0.25, 0.3) is 0 Å². The summed E-state index contributed by atoms with van der Waals surface area (Å²) in [6.07, 6.45) is 4.65. The normalized spacial score (nSPS) is 10.3. The molecule has 0 aromatic carbocycles. The summed E-state index contributed by atoms with van der Waals surface area (Å²) >= 11 is 1.62. The number of nitrogens with one attached hydrogen (secondary N) is 1. The maximum Gasteiger partial charge on any atom is 0.220 e. The van der Waals surface area contributed by atoms with E-state index in [0.29, 0.717) is 19.4 Å². The first-order valence-electron chi connectivity index (χ1n) is 5.80. The zero-order valence-corrected chi connectivity index (χ0v) is 11.0. The van der Waals surface area contributed by atoms with Gasteiger partial charge in [-0.3, -0.25) is 9.78 Å². The SMILES string of the molecule is Cc1nc(CCC(=O)NCc2cccnc2)cs1. The highest BCUT2D eigenvalue weighted by Gasteiger charge is 2.04. The fraction of sp³-hybridized carbons (Fsp3) is 0.308. The molecule has 0 aliphatic carbocycles. The van der Waals surface area contributed by atoms with Crippen molar-refractivity contribution in [3.05, 3.63) is 46.2 Å². The molecule has 18 heavy (non-hydrogen) atoms. The molecule has 0 saturated heterocycles. The minimum absolute atomic E-state index is 0.0458. The summed E-state index contributed by atoms with van der Waals surface area (Å²) in [5, 5.41) is 5.92. The van der Waals surface area contributed by atoms with E-state index in [1.54, 1.807) is 23.7 Å². The Labute approximate surface area is 110 Å². The summed E-state index contributed by atoms with van der Waals surface area (Å²) in [6.45, 7) is 2.50. The molecule has 0 spiro atoms. The Morgan fingerprint density at radius 2 is 2.39 bits per heavy atom. The monoisotopic (exact) mass is 261 g/mol. The van der Waals surface area contributed by atoms with E-state index in [1.807, 2.05) is 24.4 Å². The lowest BCUT2D eigenvalue weighted by atomic mass is 10.2. The molecule has 5 heteroatoms. The van der Waals surface area contributed by atoms with Gasteiger partial charge >= 0.3 is 0 Å². The van der Waals surface area contributed by atoms with Crippen LogP contribution >= 0.6 is 11.3 Å². The summed E-state index contributed by atoms with van der Waals surface area (Å²) < 4.78 is 0. The molecule has 0 atom stereocenters. The van der Waals surface area contributed by atoms with Crippen molar-refractivity contribution in [1.29, 1.82) is 0 Å². The number of pyridine rings is 1. The molecule has 0 radical (unpaired) electrons. The molecule has 2 heterocycles. The number of hydrogen-bond donors (Lipinski definition) is 1. The highest BCUT2D eigenvalue weighted by molar-refractivity contribution is 7.09. The Bertz CT molecular complexity index is 510. The van der Waals surface area contributed by atoms with Crippen molar-refractivity contribution >= 4 is 17.2 Å². The van der Waals surface area contributed by atoms with E-state index in [1.165, 1.54) is 0 Å². The van der Waals surface area contributed by atoms with E-state index in [-0.39, 0.29) is 5.91 Å². The first-order chi connectivity index (χ1) is 8.74. The van der Waals surface area contributed by atoms with Crippen LogP contribution in [0.15, 0.2) is 29.9 Å². The molecular formula is C13H15N3OS. The van der Waals surface area contributed by atoms with Gasteiger partial charge in [0, 0.05) is 30.7 Å². The van der Waals surface area contributed by atoms with Crippen LogP contribution in [-0.4, -0.2) is 15.9 Å². The first-order valence-corrected chi connectivity index (χ1v) is 6.68. The molecule has 2 aromatic rings. The smallest absolute Gasteiger partial charge is 0.220 e. The topological polar surface area (TPSA) is 54.9 Å². The third-order valence-electron chi connectivity index (χ3n) is 2.49. The zero-order chi connectivity index (χ0) is 12.8. The summed E-state index contributed by atoms with van der Waals surface area (Å²) in [4.78, 5) is 20.0. The van der Waals surface area contributed by atoms with Crippen LogP contribution in [-0.2, 0) is 17.8 Å². The van der Waals surface area contributed by atoms with E-state index >= 15 is 0 Å². The van der Waals surface area contributed by atoms with Crippen molar-refractivity contribution < 1.29 is 4.79 Å². The zero-order valence-electron chi connectivity index (χ0n) is 10.2. The van der Waals surface area contributed by atoms with Crippen LogP contribution < -0.4 is 5.32 Å². The average Bonchev–Trinajstić information content (AvgIpc) is 2.81. The molecule has 0 fully saturated rings. The van der Waals surface area contributed by atoms with Gasteiger partial charge in [0.15, 0.2) is 0 Å². The second kappa shape index (κ2) is 6.26. The number of aryl methyl sites for hydroxylation is 2. The van der Waals surface area contributed by atoms with Crippen molar-refractivity contribution in [1.82, 2.24) is 15.3 Å². The summed E-state index contributed by atoms with van der Waals surface area (Å²) in [6, 6.07) is 3.80. The molecule has 1 N–H and O–H groups in total. The highest BCUT2D eigenvalue weighted by Crippen LogP contribution is 2.09. The quantitative estimate of drug-likeness (QED) is 0.896. The lowest BCUT2D eigenvalue weighted by molar-refractivity contribution is -0.121. The average molecular weight is 261 g/mol. The molecule has 4 nitrogen and oxygen atoms in total. The molecule has 0 unspecified atom stereocenters. The minimum Gasteiger partial charge on any atom is -0.352 e. The van der Waals surface area contributed by atoms with E-state index in [9.17, 15) is 4.79 Å². The molecule has 94 valence electrons. The maximum atomic E-state index is 11.6. The van der Waals surface area contributed by atoms with Crippen LogP contribution in [0.25, 0.3) is 0 Å². The van der Waals surface area contributed by atoms with Gasteiger partial charge in [0.05, 0.1) is 10.7 Å². The van der Waals surface area contributed by atoms with Crippen LogP contribution in [0.1, 0.15) is 22.7 Å². The Morgan fingerprint density at radius 3 is 3.06 bits per heavy atom. The van der Waals surface area contributed by atoms with Gasteiger partial charge in [-0.2, -0.15) is 0 Å². The number of carbonyl (C=O) groups is 1. The summed E-state index contributed by atoms with van der Waals surface area (Å²) in [5.74, 6) is 0.0458. The molecule has 1 amide bonds. The molecule has 0 saturated carbocycles. The van der Waals surface area contributed by atoms with Gasteiger partial charge in [0.1, 0.15) is 0 Å². The largest absolute Gasteiger partial charge is 0.352 e. The molecule has 0 bridgehead atoms. The Balaban J connectivity index is 1.73. The molecule has 2 aromatic heterocycles. The number of aromatic nitrogens is 2. The van der Waals surface area contributed by atoms with Crippen LogP contribution in [0.5, 0.6) is 0 Å². The second-order valence-electron chi connectivity index (χ2n) is 4.00. The standard InChI is InChI=1S/C13H15N3OS/c1-10-16-12(9-18-10)4-5-13(17)15-8-11-3-2-6-14-7-11/h2-3,6-7,9H,4-5,8H2,1H3,(H,15,17). The van der Waals surface area contributed by atoms with Crippen LogP contribution in [0.3, 0.4) is 0 Å². The van der Waals surface area contributed by atoms with Crippen molar-refractivity contribution in [3.8, 4) is 0 Å². The predicted molar refractivity (Wildman–Crippen MR) is 71.3 cm³/mol. The molecular weight excluding hydrogens is 246 g/mol. The molecule has 0 aliphatic rings. The lowest BCUT2D eigenvalue weighted by Gasteiger charge is -2.03. The second-order valence-corrected chi connectivity index (χ2v) is 5.06. The Morgan fingerprint density at radius 1 is 1.50 bits per heavy atom. The van der Waals surface area contributed by atoms with Crippen LogP contribution in [0.2, 0.25) is 0 Å². The van der Waals surface area contributed by atoms with Crippen molar-refractivity contribution in [3.63, 3.8) is 0 Å². The molecule has 0 aliphatic heterocycles. The van der Waals surface area contributed by atoms with Crippen molar-refractivity contribution in [2.75, 3.05) is 0 Å². The van der Waals surface area contributed by atoms with Gasteiger partial charge in [-0.15, -0.1) is 11.3 Å². The van der Waals surface area contributed by atoms with Crippen LogP contribution in [0.4, 0.5) is 0 Å². The third-order valence-corrected chi connectivity index (χ3v) is 3.31. The number of hydrogen-bond acceptors (Lipinski definition) is 4. The number of amides is 1. The number of thiazole rings is 1. The Kier molecular flexibility index (Phi) is 4.41.